The number of carbonyl (C=O) groups excluding carboxylic acids is 1. The Morgan fingerprint density at radius 3 is 2.44 bits per heavy atom. The van der Waals surface area contributed by atoms with Crippen LogP contribution in [0.1, 0.15) is 22.3 Å². The molecule has 12 heteroatoms. The number of benzene rings is 3. The molecule has 0 aliphatic carbocycles. The van der Waals surface area contributed by atoms with E-state index in [1.165, 1.54) is 27.8 Å². The second-order valence-corrected chi connectivity index (χ2v) is 12.9. The Labute approximate surface area is 249 Å². The smallest absolute Gasteiger partial charge is 0.264 e. The molecule has 9 nitrogen and oxygen atoms in total. The maximum absolute atomic E-state index is 13.8. The highest BCUT2D eigenvalue weighted by Gasteiger charge is 2.30. The van der Waals surface area contributed by atoms with E-state index < -0.39 is 10.0 Å². The van der Waals surface area contributed by atoms with Crippen molar-refractivity contribution in [1.29, 1.82) is 0 Å². The van der Waals surface area contributed by atoms with E-state index in [9.17, 15) is 13.2 Å². The molecule has 0 N–H and O–H groups in total. The number of rotatable bonds is 7. The second-order valence-electron chi connectivity index (χ2n) is 10.1. The van der Waals surface area contributed by atoms with Crippen molar-refractivity contribution < 1.29 is 22.7 Å². The normalized spacial score (nSPS) is 14.5. The minimum Gasteiger partial charge on any atom is -0.486 e. The van der Waals surface area contributed by atoms with Crippen LogP contribution in [-0.4, -0.2) is 71.2 Å². The van der Waals surface area contributed by atoms with E-state index in [4.69, 9.17) is 14.5 Å². The molecule has 216 valence electrons. The van der Waals surface area contributed by atoms with E-state index in [2.05, 4.69) is 0 Å². The van der Waals surface area contributed by atoms with E-state index in [-0.39, 0.29) is 23.2 Å². The van der Waals surface area contributed by atoms with Crippen molar-refractivity contribution in [3.05, 3.63) is 71.8 Å². The van der Waals surface area contributed by atoms with Gasteiger partial charge in [0.1, 0.15) is 13.2 Å². The molecule has 0 fully saturated rings. The van der Waals surface area contributed by atoms with Crippen molar-refractivity contribution in [2.45, 2.75) is 17.7 Å². The number of halogens is 1. The third-order valence-electron chi connectivity index (χ3n) is 7.04. The van der Waals surface area contributed by atoms with Crippen molar-refractivity contribution in [2.75, 3.05) is 56.1 Å². The quantitative estimate of drug-likeness (QED) is 0.294. The molecule has 0 bridgehead atoms. The van der Waals surface area contributed by atoms with Crippen LogP contribution < -0.4 is 18.7 Å². The predicted molar refractivity (Wildman–Crippen MR) is 164 cm³/mol. The van der Waals surface area contributed by atoms with Crippen molar-refractivity contribution in [1.82, 2.24) is 9.88 Å². The molecule has 0 saturated carbocycles. The summed E-state index contributed by atoms with van der Waals surface area (Å²) < 4.78 is 40.9. The molecule has 3 aromatic carbocycles. The van der Waals surface area contributed by atoms with Gasteiger partial charge in [0.15, 0.2) is 16.6 Å². The molecule has 4 aromatic rings. The summed E-state index contributed by atoms with van der Waals surface area (Å²) in [4.78, 5) is 22.3. The van der Waals surface area contributed by atoms with Gasteiger partial charge in [0.05, 0.1) is 20.8 Å². The highest BCUT2D eigenvalue weighted by molar-refractivity contribution is 7.92. The van der Waals surface area contributed by atoms with Gasteiger partial charge in [-0.25, -0.2) is 13.4 Å². The number of amides is 1. The number of carbonyl (C=O) groups is 1. The monoisotopic (exact) mass is 614 g/mol. The summed E-state index contributed by atoms with van der Waals surface area (Å²) in [6.45, 7) is 2.45. The molecule has 0 radical (unpaired) electrons. The number of likely N-dealkylation sites (N-methyl/N-ethyl adjacent to an activating group) is 1. The Morgan fingerprint density at radius 1 is 1.00 bits per heavy atom. The lowest BCUT2D eigenvalue weighted by Crippen LogP contribution is -2.37. The molecular formula is C29H31ClN4O5S2. The van der Waals surface area contributed by atoms with Crippen LogP contribution >= 0.6 is 23.7 Å². The van der Waals surface area contributed by atoms with Gasteiger partial charge in [-0.05, 0) is 62.8 Å². The topological polar surface area (TPSA) is 92.3 Å². The largest absolute Gasteiger partial charge is 0.486 e. The lowest BCUT2D eigenvalue weighted by Gasteiger charge is -2.30. The number of ether oxygens (including phenoxy) is 2. The second kappa shape index (κ2) is 11.8. The van der Waals surface area contributed by atoms with Gasteiger partial charge < -0.3 is 14.4 Å². The summed E-state index contributed by atoms with van der Waals surface area (Å²) in [7, 11) is 0.124. The van der Waals surface area contributed by atoms with Crippen molar-refractivity contribution in [2.24, 2.45) is 0 Å². The van der Waals surface area contributed by atoms with Crippen LogP contribution in [0.4, 0.5) is 10.8 Å². The average Bonchev–Trinajstić information content (AvgIpc) is 3.37. The zero-order valence-electron chi connectivity index (χ0n) is 22.8. The van der Waals surface area contributed by atoms with Gasteiger partial charge >= 0.3 is 0 Å². The molecule has 2 aliphatic rings. The first-order valence-corrected chi connectivity index (χ1v) is 15.4. The van der Waals surface area contributed by atoms with Gasteiger partial charge in [0.25, 0.3) is 15.9 Å². The van der Waals surface area contributed by atoms with Gasteiger partial charge in [0, 0.05) is 37.3 Å². The van der Waals surface area contributed by atoms with Crippen molar-refractivity contribution in [3.63, 3.8) is 0 Å². The van der Waals surface area contributed by atoms with E-state index >= 15 is 0 Å². The number of thiazole rings is 1. The summed E-state index contributed by atoms with van der Waals surface area (Å²) in [6, 6.07) is 17.6. The first-order valence-electron chi connectivity index (χ1n) is 13.2. The number of sulfonamides is 1. The summed E-state index contributed by atoms with van der Waals surface area (Å²) in [5.74, 6) is 1.08. The molecule has 1 amide bonds. The molecule has 0 saturated heterocycles. The van der Waals surface area contributed by atoms with Crippen LogP contribution in [0.25, 0.3) is 10.2 Å². The van der Waals surface area contributed by atoms with Gasteiger partial charge in [-0.3, -0.25) is 14.0 Å². The average molecular weight is 615 g/mol. The number of hydrogen-bond donors (Lipinski definition) is 0. The fourth-order valence-corrected chi connectivity index (χ4v) is 7.49. The van der Waals surface area contributed by atoms with Gasteiger partial charge in [-0.2, -0.15) is 0 Å². The summed E-state index contributed by atoms with van der Waals surface area (Å²) in [6.07, 6.45) is 1.61. The van der Waals surface area contributed by atoms with Crippen LogP contribution in [0.2, 0.25) is 0 Å². The summed E-state index contributed by atoms with van der Waals surface area (Å²) in [5.41, 5.74) is 2.87. The van der Waals surface area contributed by atoms with Gasteiger partial charge in [-0.1, -0.05) is 29.5 Å². The molecule has 0 unspecified atom stereocenters. The minimum absolute atomic E-state index is 0. The zero-order chi connectivity index (χ0) is 27.9. The van der Waals surface area contributed by atoms with Crippen LogP contribution in [0.3, 0.4) is 0 Å². The number of hydrogen-bond acceptors (Lipinski definition) is 8. The first-order chi connectivity index (χ1) is 19.3. The molecule has 0 atom stereocenters. The maximum atomic E-state index is 13.8. The van der Waals surface area contributed by atoms with Crippen molar-refractivity contribution in [3.8, 4) is 11.5 Å². The zero-order valence-corrected chi connectivity index (χ0v) is 25.2. The summed E-state index contributed by atoms with van der Waals surface area (Å²) >= 11 is 1.41. The molecule has 6 rings (SSSR count). The van der Waals surface area contributed by atoms with E-state index in [0.717, 1.165) is 34.3 Å². The van der Waals surface area contributed by atoms with Crippen LogP contribution in [0, 0.1) is 0 Å². The highest BCUT2D eigenvalue weighted by Crippen LogP contribution is 2.39. The Hall–Kier alpha value is -3.38. The fourth-order valence-electron chi connectivity index (χ4n) is 4.95. The standard InChI is InChI=1S/C29H30N4O5S2.ClH/c1-31(2)14-15-32(29-30-23-18-25-26(19-27(23)39-29)38-17-16-37-25)28(34)21-9-11-22(12-10-21)40(35,36)33-13-5-7-20-6-3-4-8-24(20)33;/h3-4,6,8-12,18-19H,5,7,13-17H2,1-2H3;1H. The number of aromatic nitrogens is 1. The SMILES string of the molecule is CN(C)CCN(C(=O)c1ccc(S(=O)(=O)N2CCCc3ccccc32)cc1)c1nc2cc3c(cc2s1)OCCO3.Cl. The molecular weight excluding hydrogens is 584 g/mol. The van der Waals surface area contributed by atoms with Gasteiger partial charge in [0.2, 0.25) is 0 Å². The number of nitrogens with zero attached hydrogens (tertiary/aromatic N) is 4. The third kappa shape index (κ3) is 5.72. The maximum Gasteiger partial charge on any atom is 0.264 e. The predicted octanol–water partition coefficient (Wildman–Crippen LogP) is 4.84. The van der Waals surface area contributed by atoms with E-state index in [1.807, 2.05) is 55.4 Å². The third-order valence-corrected chi connectivity index (χ3v) is 9.91. The highest BCUT2D eigenvalue weighted by atomic mass is 35.5. The Morgan fingerprint density at radius 2 is 1.71 bits per heavy atom. The molecule has 0 spiro atoms. The first kappa shape index (κ1) is 29.1. The minimum atomic E-state index is -3.77. The van der Waals surface area contributed by atoms with E-state index in [0.29, 0.717) is 55.0 Å². The molecule has 2 aliphatic heterocycles. The Balaban J connectivity index is 0.00000337. The van der Waals surface area contributed by atoms with Crippen LogP contribution in [-0.2, 0) is 16.4 Å². The number of aryl methyl sites for hydroxylation is 1. The molecule has 41 heavy (non-hydrogen) atoms. The number of anilines is 2. The Kier molecular flexibility index (Phi) is 8.42. The number of para-hydroxylation sites is 1. The Bertz CT molecular complexity index is 1630. The summed E-state index contributed by atoms with van der Waals surface area (Å²) in [5, 5.41) is 0.561. The lowest BCUT2D eigenvalue weighted by molar-refractivity contribution is 0.0985. The molecule has 3 heterocycles. The van der Waals surface area contributed by atoms with Gasteiger partial charge in [-0.15, -0.1) is 12.4 Å². The van der Waals surface area contributed by atoms with Crippen LogP contribution in [0.5, 0.6) is 11.5 Å². The fraction of sp³-hybridized carbons (Fsp3) is 0.310. The number of fused-ring (bicyclic) bond motifs is 3. The van der Waals surface area contributed by atoms with Crippen molar-refractivity contribution >= 4 is 60.7 Å². The van der Waals surface area contributed by atoms with E-state index in [1.54, 1.807) is 17.0 Å². The lowest BCUT2D eigenvalue weighted by atomic mass is 10.0. The molecule has 1 aromatic heterocycles. The van der Waals surface area contributed by atoms with Crippen LogP contribution in [0.15, 0.2) is 65.6 Å².